The van der Waals surface area contributed by atoms with Crippen molar-refractivity contribution in [3.63, 3.8) is 0 Å². The molecule has 0 saturated carbocycles. The van der Waals surface area contributed by atoms with Crippen LogP contribution in [0, 0.1) is 18.3 Å². The van der Waals surface area contributed by atoms with Gasteiger partial charge in [0.15, 0.2) is 5.65 Å². The van der Waals surface area contributed by atoms with E-state index in [1.165, 1.54) is 16.7 Å². The van der Waals surface area contributed by atoms with Crippen LogP contribution in [0.25, 0.3) is 16.7 Å². The summed E-state index contributed by atoms with van der Waals surface area (Å²) in [5.74, 6) is 1.00. The standard InChI is InChI=1S/C27H23ClN4/c1-3-25-31-26-17(2)14-24(28)30-27(26)32(25)16-18-8-11-22-20(15-18)10-9-19-6-4-5-7-21(19)23(22)12-13-29/h4-8,11-12,14-15H,3,9-10,16H2,1-2H3. The second-order valence-corrected chi connectivity index (χ2v) is 8.62. The van der Waals surface area contributed by atoms with Crippen molar-refractivity contribution in [2.45, 2.75) is 39.7 Å². The number of nitrogens with zero attached hydrogens (tertiary/aromatic N) is 4. The van der Waals surface area contributed by atoms with Crippen LogP contribution in [0.5, 0.6) is 0 Å². The number of imidazole rings is 1. The number of pyridine rings is 1. The van der Waals surface area contributed by atoms with Gasteiger partial charge in [0.05, 0.1) is 12.6 Å². The van der Waals surface area contributed by atoms with Crippen molar-refractivity contribution in [3.8, 4) is 6.07 Å². The lowest BCUT2D eigenvalue weighted by Gasteiger charge is -2.13. The summed E-state index contributed by atoms with van der Waals surface area (Å²) in [5.41, 5.74) is 9.84. The monoisotopic (exact) mass is 438 g/mol. The Morgan fingerprint density at radius 3 is 2.66 bits per heavy atom. The molecule has 0 N–H and O–H groups in total. The Kier molecular flexibility index (Phi) is 5.28. The third-order valence-corrected chi connectivity index (χ3v) is 6.43. The first kappa shape index (κ1) is 20.5. The molecule has 5 heteroatoms. The SMILES string of the molecule is CCc1nc2c(C)cc(Cl)nc2n1Cc1ccc2c(c1)CCc1ccccc1C2=CC#N. The molecule has 158 valence electrons. The maximum absolute atomic E-state index is 9.44. The first-order valence-electron chi connectivity index (χ1n) is 10.9. The van der Waals surface area contributed by atoms with E-state index < -0.39 is 0 Å². The largest absolute Gasteiger partial charge is 0.308 e. The van der Waals surface area contributed by atoms with Crippen molar-refractivity contribution in [2.75, 3.05) is 0 Å². The van der Waals surface area contributed by atoms with Crippen molar-refractivity contribution in [1.82, 2.24) is 14.5 Å². The van der Waals surface area contributed by atoms with E-state index in [-0.39, 0.29) is 0 Å². The minimum absolute atomic E-state index is 0.491. The zero-order valence-corrected chi connectivity index (χ0v) is 18.9. The highest BCUT2D eigenvalue weighted by atomic mass is 35.5. The summed E-state index contributed by atoms with van der Waals surface area (Å²) in [5, 5.41) is 9.93. The third kappa shape index (κ3) is 3.49. The van der Waals surface area contributed by atoms with E-state index in [9.17, 15) is 5.26 Å². The number of rotatable bonds is 3. The van der Waals surface area contributed by atoms with E-state index >= 15 is 0 Å². The van der Waals surface area contributed by atoms with E-state index in [1.807, 2.05) is 19.1 Å². The molecule has 5 rings (SSSR count). The number of allylic oxidation sites excluding steroid dienone is 1. The molecule has 0 fully saturated rings. The van der Waals surface area contributed by atoms with Gasteiger partial charge in [0.1, 0.15) is 16.5 Å². The number of halogens is 1. The van der Waals surface area contributed by atoms with Gasteiger partial charge in [0.2, 0.25) is 0 Å². The molecule has 0 unspecified atom stereocenters. The van der Waals surface area contributed by atoms with Gasteiger partial charge in [0.25, 0.3) is 0 Å². The minimum atomic E-state index is 0.491. The fourth-order valence-corrected chi connectivity index (χ4v) is 4.96. The summed E-state index contributed by atoms with van der Waals surface area (Å²) in [6.07, 6.45) is 4.40. The van der Waals surface area contributed by atoms with Gasteiger partial charge in [-0.15, -0.1) is 0 Å². The van der Waals surface area contributed by atoms with Crippen molar-refractivity contribution < 1.29 is 0 Å². The lowest BCUT2D eigenvalue weighted by molar-refractivity contribution is 0.745. The van der Waals surface area contributed by atoms with Crippen molar-refractivity contribution in [2.24, 2.45) is 0 Å². The van der Waals surface area contributed by atoms with Gasteiger partial charge >= 0.3 is 0 Å². The van der Waals surface area contributed by atoms with Crippen LogP contribution < -0.4 is 0 Å². The molecule has 0 amide bonds. The van der Waals surface area contributed by atoms with Crippen LogP contribution in [-0.4, -0.2) is 14.5 Å². The zero-order valence-electron chi connectivity index (χ0n) is 18.2. The van der Waals surface area contributed by atoms with Crippen LogP contribution in [0.4, 0.5) is 0 Å². The van der Waals surface area contributed by atoms with E-state index in [0.29, 0.717) is 11.7 Å². The lowest BCUT2D eigenvalue weighted by Crippen LogP contribution is -2.06. The van der Waals surface area contributed by atoms with Gasteiger partial charge in [-0.3, -0.25) is 0 Å². The van der Waals surface area contributed by atoms with E-state index in [2.05, 4.69) is 58.9 Å². The first-order chi connectivity index (χ1) is 15.6. The molecule has 4 nitrogen and oxygen atoms in total. The molecule has 0 radical (unpaired) electrons. The number of hydrogen-bond acceptors (Lipinski definition) is 3. The first-order valence-corrected chi connectivity index (χ1v) is 11.3. The Balaban J connectivity index is 1.59. The maximum atomic E-state index is 9.44. The van der Waals surface area contributed by atoms with Crippen LogP contribution in [0.15, 0.2) is 54.6 Å². The summed E-state index contributed by atoms with van der Waals surface area (Å²) in [7, 11) is 0. The summed E-state index contributed by atoms with van der Waals surface area (Å²) in [6.45, 7) is 4.82. The topological polar surface area (TPSA) is 54.5 Å². The lowest BCUT2D eigenvalue weighted by atomic mass is 9.93. The number of hydrogen-bond donors (Lipinski definition) is 0. The predicted octanol–water partition coefficient (Wildman–Crippen LogP) is 6.06. The van der Waals surface area contributed by atoms with Gasteiger partial charge < -0.3 is 4.57 Å². The van der Waals surface area contributed by atoms with Crippen molar-refractivity contribution in [3.05, 3.63) is 99.0 Å². The summed E-state index contributed by atoms with van der Waals surface area (Å²) in [6, 6.07) is 19.1. The number of aromatic nitrogens is 3. The molecule has 2 heterocycles. The average Bonchev–Trinajstić information content (AvgIpc) is 3.06. The zero-order chi connectivity index (χ0) is 22.2. The smallest absolute Gasteiger partial charge is 0.162 e. The second-order valence-electron chi connectivity index (χ2n) is 8.24. The maximum Gasteiger partial charge on any atom is 0.162 e. The highest BCUT2D eigenvalue weighted by Gasteiger charge is 2.19. The second kappa shape index (κ2) is 8.26. The molecule has 0 bridgehead atoms. The molecule has 0 spiro atoms. The normalized spacial score (nSPS) is 14.1. The molecule has 0 saturated heterocycles. The summed E-state index contributed by atoms with van der Waals surface area (Å²) >= 11 is 6.27. The minimum Gasteiger partial charge on any atom is -0.308 e. The Bertz CT molecular complexity index is 1420. The summed E-state index contributed by atoms with van der Waals surface area (Å²) in [4.78, 5) is 9.42. The van der Waals surface area contributed by atoms with E-state index in [1.54, 1.807) is 6.08 Å². The van der Waals surface area contributed by atoms with Gasteiger partial charge in [0, 0.05) is 12.5 Å². The number of fused-ring (bicyclic) bond motifs is 3. The highest BCUT2D eigenvalue weighted by molar-refractivity contribution is 6.29. The van der Waals surface area contributed by atoms with E-state index in [4.69, 9.17) is 16.6 Å². The molecule has 2 aromatic heterocycles. The molecule has 4 aromatic rings. The van der Waals surface area contributed by atoms with Crippen LogP contribution in [0.2, 0.25) is 5.15 Å². The fraction of sp³-hybridized carbons (Fsp3) is 0.222. The van der Waals surface area contributed by atoms with Crippen LogP contribution in [0.3, 0.4) is 0 Å². The van der Waals surface area contributed by atoms with Crippen molar-refractivity contribution in [1.29, 1.82) is 5.26 Å². The number of nitriles is 1. The molecule has 1 aliphatic rings. The Morgan fingerprint density at radius 2 is 1.84 bits per heavy atom. The Hall–Kier alpha value is -3.42. The van der Waals surface area contributed by atoms with E-state index in [0.717, 1.165) is 58.5 Å². The quantitative estimate of drug-likeness (QED) is 0.288. The van der Waals surface area contributed by atoms with Crippen molar-refractivity contribution >= 4 is 28.3 Å². The Morgan fingerprint density at radius 1 is 1.06 bits per heavy atom. The van der Waals surface area contributed by atoms with Gasteiger partial charge in [-0.1, -0.05) is 61.0 Å². The molecule has 0 aliphatic heterocycles. The van der Waals surface area contributed by atoms with Gasteiger partial charge in [-0.25, -0.2) is 9.97 Å². The summed E-state index contributed by atoms with van der Waals surface area (Å²) < 4.78 is 2.17. The molecule has 0 atom stereocenters. The van der Waals surface area contributed by atoms with Gasteiger partial charge in [-0.2, -0.15) is 5.26 Å². The molecule has 1 aliphatic carbocycles. The molecule has 2 aromatic carbocycles. The van der Waals surface area contributed by atoms with Gasteiger partial charge in [-0.05, 0) is 64.8 Å². The fourth-order valence-electron chi connectivity index (χ4n) is 4.72. The third-order valence-electron chi connectivity index (χ3n) is 6.24. The number of aryl methyl sites for hydroxylation is 4. The average molecular weight is 439 g/mol. The molecule has 32 heavy (non-hydrogen) atoms. The highest BCUT2D eigenvalue weighted by Crippen LogP contribution is 2.34. The van der Waals surface area contributed by atoms with Crippen LogP contribution in [-0.2, 0) is 25.8 Å². The molecular weight excluding hydrogens is 416 g/mol. The van der Waals surface area contributed by atoms with Crippen LogP contribution >= 0.6 is 11.6 Å². The Labute approximate surface area is 192 Å². The van der Waals surface area contributed by atoms with Crippen LogP contribution in [0.1, 0.15) is 46.1 Å². The number of benzene rings is 2. The molecular formula is C27H23ClN4. The predicted molar refractivity (Wildman–Crippen MR) is 129 cm³/mol.